The first-order valence-corrected chi connectivity index (χ1v) is 9.22. The Morgan fingerprint density at radius 1 is 1.52 bits per heavy atom. The molecule has 0 spiro atoms. The van der Waals surface area contributed by atoms with E-state index in [9.17, 15) is 8.42 Å². The number of nitrogens with one attached hydrogen (secondary N) is 1. The number of rotatable bonds is 7. The number of hydrazine groups is 1. The van der Waals surface area contributed by atoms with E-state index in [4.69, 9.17) is 5.84 Å². The van der Waals surface area contributed by atoms with Gasteiger partial charge in [0.2, 0.25) is 0 Å². The van der Waals surface area contributed by atoms with Gasteiger partial charge < -0.3 is 4.90 Å². The predicted molar refractivity (Wildman–Crippen MR) is 87.5 cm³/mol. The number of sulfone groups is 1. The zero-order valence-electron chi connectivity index (χ0n) is 13.1. The Bertz CT molecular complexity index is 582. The second-order valence-corrected chi connectivity index (χ2v) is 9.33. The van der Waals surface area contributed by atoms with Gasteiger partial charge >= 0.3 is 0 Å². The van der Waals surface area contributed by atoms with Crippen molar-refractivity contribution in [3.05, 3.63) is 16.4 Å². The van der Waals surface area contributed by atoms with Gasteiger partial charge in [0.05, 0.1) is 33.7 Å². The number of nitrogens with zero attached hydrogens (tertiary/aromatic N) is 3. The maximum atomic E-state index is 12.1. The summed E-state index contributed by atoms with van der Waals surface area (Å²) in [6.45, 7) is 4.74. The lowest BCUT2D eigenvalue weighted by atomic mass is 10.0. The Balaban J connectivity index is 3.26. The van der Waals surface area contributed by atoms with Crippen LogP contribution in [-0.4, -0.2) is 54.7 Å². The van der Waals surface area contributed by atoms with Gasteiger partial charge in [-0.15, -0.1) is 0 Å². The summed E-state index contributed by atoms with van der Waals surface area (Å²) in [7, 11) is 0.620. The molecule has 3 N–H and O–H groups in total. The van der Waals surface area contributed by atoms with Crippen molar-refractivity contribution in [3.63, 3.8) is 0 Å². The Kier molecular flexibility index (Phi) is 5.96. The molecule has 0 fully saturated rings. The molecule has 0 saturated heterocycles. The van der Waals surface area contributed by atoms with Crippen LogP contribution in [0.5, 0.6) is 0 Å². The minimum Gasteiger partial charge on any atom is -0.308 e. The predicted octanol–water partition coefficient (Wildman–Crippen LogP) is 0.535. The lowest BCUT2D eigenvalue weighted by Crippen LogP contribution is -2.48. The Labute approximate surface area is 134 Å². The third-order valence-electron chi connectivity index (χ3n) is 3.68. The van der Waals surface area contributed by atoms with Crippen LogP contribution in [0, 0.1) is 0 Å². The number of hydrogen-bond acceptors (Lipinski definition) is 6. The summed E-state index contributed by atoms with van der Waals surface area (Å²) in [6.07, 6.45) is 2.87. The smallest absolute Gasteiger partial charge is 0.154 e. The quantitative estimate of drug-likeness (QED) is 0.528. The highest BCUT2D eigenvalue weighted by Gasteiger charge is 2.42. The average Bonchev–Trinajstić information content (AvgIpc) is 2.68. The first kappa shape index (κ1) is 18.6. The number of aromatic nitrogens is 2. The first-order valence-electron chi connectivity index (χ1n) is 6.54. The maximum Gasteiger partial charge on any atom is 0.154 e. The highest BCUT2D eigenvalue weighted by atomic mass is 79.9. The van der Waals surface area contributed by atoms with E-state index in [1.54, 1.807) is 24.7 Å². The molecule has 7 nitrogen and oxygen atoms in total. The van der Waals surface area contributed by atoms with Gasteiger partial charge in [0.25, 0.3) is 0 Å². The van der Waals surface area contributed by atoms with Crippen LogP contribution in [0.4, 0.5) is 0 Å². The third-order valence-corrected chi connectivity index (χ3v) is 6.44. The molecule has 21 heavy (non-hydrogen) atoms. The Morgan fingerprint density at radius 3 is 2.52 bits per heavy atom. The van der Waals surface area contributed by atoms with Crippen LogP contribution in [0.25, 0.3) is 0 Å². The summed E-state index contributed by atoms with van der Waals surface area (Å²) in [6, 6.07) is -0.577. The largest absolute Gasteiger partial charge is 0.308 e. The van der Waals surface area contributed by atoms with Gasteiger partial charge in [-0.1, -0.05) is 0 Å². The number of likely N-dealkylation sites (N-methyl/N-ethyl adjacent to an activating group) is 1. The van der Waals surface area contributed by atoms with Crippen LogP contribution in [0.2, 0.25) is 0 Å². The minimum absolute atomic E-state index is 0.577. The van der Waals surface area contributed by atoms with Crippen molar-refractivity contribution in [1.82, 2.24) is 20.1 Å². The molecule has 1 atom stereocenters. The van der Waals surface area contributed by atoms with E-state index < -0.39 is 20.6 Å². The molecule has 1 aromatic heterocycles. The van der Waals surface area contributed by atoms with Gasteiger partial charge in [0, 0.05) is 12.8 Å². The Hall–Kier alpha value is -0.480. The molecule has 0 bridgehead atoms. The molecule has 0 saturated carbocycles. The summed E-state index contributed by atoms with van der Waals surface area (Å²) in [4.78, 5) is 2.03. The van der Waals surface area contributed by atoms with Crippen LogP contribution >= 0.6 is 15.9 Å². The zero-order chi connectivity index (χ0) is 16.4. The van der Waals surface area contributed by atoms with E-state index in [0.29, 0.717) is 6.54 Å². The summed E-state index contributed by atoms with van der Waals surface area (Å²) in [5.41, 5.74) is 3.37. The Morgan fingerprint density at radius 2 is 2.10 bits per heavy atom. The monoisotopic (exact) mass is 381 g/mol. The van der Waals surface area contributed by atoms with Gasteiger partial charge in [-0.05, 0) is 43.9 Å². The normalized spacial score (nSPS) is 14.7. The number of halogens is 1. The van der Waals surface area contributed by atoms with Crippen molar-refractivity contribution in [2.75, 3.05) is 26.9 Å². The summed E-state index contributed by atoms with van der Waals surface area (Å²) in [5.74, 6) is 5.65. The van der Waals surface area contributed by atoms with Gasteiger partial charge in [0.15, 0.2) is 9.84 Å². The van der Waals surface area contributed by atoms with Crippen molar-refractivity contribution < 1.29 is 8.42 Å². The zero-order valence-corrected chi connectivity index (χ0v) is 15.5. The van der Waals surface area contributed by atoms with Gasteiger partial charge in [-0.2, -0.15) is 5.10 Å². The average molecular weight is 382 g/mol. The molecule has 1 unspecified atom stereocenters. The van der Waals surface area contributed by atoms with E-state index in [1.807, 2.05) is 19.0 Å². The first-order chi connectivity index (χ1) is 9.52. The molecule has 9 heteroatoms. The third kappa shape index (κ3) is 4.04. The maximum absolute atomic E-state index is 12.1. The fraction of sp³-hybridized carbons (Fsp3) is 0.750. The van der Waals surface area contributed by atoms with Crippen LogP contribution < -0.4 is 11.3 Å². The molecule has 1 rings (SSSR count). The van der Waals surface area contributed by atoms with E-state index >= 15 is 0 Å². The van der Waals surface area contributed by atoms with E-state index in [1.165, 1.54) is 6.26 Å². The molecule has 0 aromatic carbocycles. The van der Waals surface area contributed by atoms with E-state index in [0.717, 1.165) is 16.7 Å². The topological polar surface area (TPSA) is 93.2 Å². The SMILES string of the molecule is CN(C)CCn1ncc(Br)c1C(NN)C(C)(C)S(C)(=O)=O. The molecule has 0 aliphatic carbocycles. The van der Waals surface area contributed by atoms with Crippen LogP contribution in [0.3, 0.4) is 0 Å². The highest BCUT2D eigenvalue weighted by molar-refractivity contribution is 9.10. The summed E-state index contributed by atoms with van der Waals surface area (Å²) >= 11 is 3.44. The van der Waals surface area contributed by atoms with E-state index in [-0.39, 0.29) is 0 Å². The molecule has 0 amide bonds. The van der Waals surface area contributed by atoms with Gasteiger partial charge in [0.1, 0.15) is 0 Å². The van der Waals surface area contributed by atoms with Crippen molar-refractivity contribution in [2.24, 2.45) is 5.84 Å². The standard InChI is InChI=1S/C12H24BrN5O2S/c1-12(2,21(5,19)20)11(16-14)10-9(13)8-15-18(10)7-6-17(3)4/h8,11,16H,6-7,14H2,1-5H3. The van der Waals surface area contributed by atoms with Crippen molar-refractivity contribution in [2.45, 2.75) is 31.2 Å². The molecule has 0 aliphatic rings. The lowest BCUT2D eigenvalue weighted by Gasteiger charge is -2.33. The van der Waals surface area contributed by atoms with E-state index in [2.05, 4.69) is 26.5 Å². The van der Waals surface area contributed by atoms with Crippen LogP contribution in [0.1, 0.15) is 25.6 Å². The van der Waals surface area contributed by atoms with Crippen molar-refractivity contribution >= 4 is 25.8 Å². The molecular weight excluding hydrogens is 358 g/mol. The molecule has 0 radical (unpaired) electrons. The minimum atomic E-state index is -3.32. The second kappa shape index (κ2) is 6.74. The second-order valence-electron chi connectivity index (χ2n) is 5.88. The van der Waals surface area contributed by atoms with Crippen LogP contribution in [0.15, 0.2) is 10.7 Å². The summed E-state index contributed by atoms with van der Waals surface area (Å²) < 4.78 is 25.6. The highest BCUT2D eigenvalue weighted by Crippen LogP contribution is 2.35. The lowest BCUT2D eigenvalue weighted by molar-refractivity contribution is 0.349. The fourth-order valence-electron chi connectivity index (χ4n) is 1.95. The molecule has 1 aromatic rings. The van der Waals surface area contributed by atoms with Gasteiger partial charge in [-0.25, -0.2) is 13.8 Å². The molecule has 122 valence electrons. The van der Waals surface area contributed by atoms with Crippen LogP contribution in [-0.2, 0) is 16.4 Å². The summed E-state index contributed by atoms with van der Waals surface area (Å²) in [5, 5.41) is 4.30. The number of hydrogen-bond donors (Lipinski definition) is 2. The number of nitrogens with two attached hydrogens (primary N) is 1. The molecule has 1 heterocycles. The molecular formula is C12H24BrN5O2S. The van der Waals surface area contributed by atoms with Crippen molar-refractivity contribution in [1.29, 1.82) is 0 Å². The molecule has 0 aliphatic heterocycles. The van der Waals surface area contributed by atoms with Gasteiger partial charge in [-0.3, -0.25) is 10.5 Å². The van der Waals surface area contributed by atoms with Crippen molar-refractivity contribution in [3.8, 4) is 0 Å². The fourth-order valence-corrected chi connectivity index (χ4v) is 3.09.